The summed E-state index contributed by atoms with van der Waals surface area (Å²) in [5.74, 6) is 0.987. The van der Waals surface area contributed by atoms with E-state index in [2.05, 4.69) is 25.8 Å². The molecule has 6 heteroatoms. The van der Waals surface area contributed by atoms with Crippen molar-refractivity contribution in [3.63, 3.8) is 0 Å². The Morgan fingerprint density at radius 2 is 1.86 bits per heavy atom. The zero-order chi connectivity index (χ0) is 15.4. The molecule has 5 nitrogen and oxygen atoms in total. The summed E-state index contributed by atoms with van der Waals surface area (Å²) in [6.07, 6.45) is 1.57. The number of halogens is 1. The fourth-order valence-electron chi connectivity index (χ4n) is 1.97. The van der Waals surface area contributed by atoms with Crippen LogP contribution in [0.2, 0.25) is 5.02 Å². The van der Waals surface area contributed by atoms with Crippen molar-refractivity contribution in [2.24, 2.45) is 0 Å². The van der Waals surface area contributed by atoms with Crippen LogP contribution < -0.4 is 10.6 Å². The van der Waals surface area contributed by atoms with Crippen molar-refractivity contribution < 1.29 is 0 Å². The second kappa shape index (κ2) is 6.41. The molecule has 0 aliphatic heterocycles. The second-order valence-corrected chi connectivity index (χ2v) is 5.17. The molecule has 0 aliphatic carbocycles. The smallest absolute Gasteiger partial charge is 0.249 e. The van der Waals surface area contributed by atoms with Crippen LogP contribution in [0.15, 0.2) is 54.7 Å². The Morgan fingerprint density at radius 1 is 1.00 bits per heavy atom. The van der Waals surface area contributed by atoms with Crippen molar-refractivity contribution in [1.82, 2.24) is 15.2 Å². The van der Waals surface area contributed by atoms with Gasteiger partial charge in [0.1, 0.15) is 0 Å². The van der Waals surface area contributed by atoms with Gasteiger partial charge in [0.15, 0.2) is 5.82 Å². The Morgan fingerprint density at radius 3 is 2.68 bits per heavy atom. The summed E-state index contributed by atoms with van der Waals surface area (Å²) in [4.78, 5) is 4.38. The summed E-state index contributed by atoms with van der Waals surface area (Å²) in [5, 5.41) is 14.8. The van der Waals surface area contributed by atoms with Crippen LogP contribution >= 0.6 is 11.6 Å². The monoisotopic (exact) mass is 311 g/mol. The Balaban J connectivity index is 1.79. The molecule has 2 N–H and O–H groups in total. The first-order chi connectivity index (χ1) is 10.7. The molecule has 0 saturated heterocycles. The highest BCUT2D eigenvalue weighted by Gasteiger charge is 2.04. The molecule has 0 aliphatic rings. The first-order valence-electron chi connectivity index (χ1n) is 6.76. The van der Waals surface area contributed by atoms with Gasteiger partial charge in [-0.25, -0.2) is 0 Å². The number of anilines is 4. The van der Waals surface area contributed by atoms with Gasteiger partial charge in [-0.3, -0.25) is 0 Å². The van der Waals surface area contributed by atoms with E-state index in [1.807, 2.05) is 49.4 Å². The van der Waals surface area contributed by atoms with Gasteiger partial charge in [0.25, 0.3) is 0 Å². The van der Waals surface area contributed by atoms with Gasteiger partial charge in [-0.1, -0.05) is 35.9 Å². The van der Waals surface area contributed by atoms with Crippen molar-refractivity contribution in [2.45, 2.75) is 6.92 Å². The predicted molar refractivity (Wildman–Crippen MR) is 89.0 cm³/mol. The molecule has 3 rings (SSSR count). The maximum atomic E-state index is 6.11. The van der Waals surface area contributed by atoms with Gasteiger partial charge in [0.05, 0.1) is 16.9 Å². The molecule has 0 radical (unpaired) electrons. The number of rotatable bonds is 4. The number of hydrogen-bond donors (Lipinski definition) is 2. The highest BCUT2D eigenvalue weighted by Crippen LogP contribution is 2.23. The van der Waals surface area contributed by atoms with Crippen LogP contribution in [-0.2, 0) is 0 Å². The number of aryl methyl sites for hydroxylation is 1. The van der Waals surface area contributed by atoms with Gasteiger partial charge in [-0.2, -0.15) is 10.1 Å². The normalized spacial score (nSPS) is 10.3. The van der Waals surface area contributed by atoms with Gasteiger partial charge in [-0.05, 0) is 36.8 Å². The minimum absolute atomic E-state index is 0.380. The Bertz CT molecular complexity index is 791. The topological polar surface area (TPSA) is 62.7 Å². The molecule has 0 amide bonds. The first-order valence-corrected chi connectivity index (χ1v) is 7.13. The third-order valence-corrected chi connectivity index (χ3v) is 3.30. The maximum Gasteiger partial charge on any atom is 0.249 e. The molecule has 22 heavy (non-hydrogen) atoms. The summed E-state index contributed by atoms with van der Waals surface area (Å²) in [7, 11) is 0. The van der Waals surface area contributed by atoms with Crippen molar-refractivity contribution >= 4 is 34.7 Å². The number of aromatic nitrogens is 3. The molecule has 0 bridgehead atoms. The molecule has 110 valence electrons. The van der Waals surface area contributed by atoms with E-state index in [1.54, 1.807) is 12.3 Å². The lowest BCUT2D eigenvalue weighted by Crippen LogP contribution is -2.02. The average Bonchev–Trinajstić information content (AvgIpc) is 2.50. The van der Waals surface area contributed by atoms with Crippen LogP contribution in [0.4, 0.5) is 23.1 Å². The molecule has 0 unspecified atom stereocenters. The summed E-state index contributed by atoms with van der Waals surface area (Å²) >= 11 is 6.11. The predicted octanol–water partition coefficient (Wildman–Crippen LogP) is 4.32. The van der Waals surface area contributed by atoms with Gasteiger partial charge < -0.3 is 10.6 Å². The van der Waals surface area contributed by atoms with Crippen molar-refractivity contribution in [3.05, 3.63) is 65.3 Å². The zero-order valence-corrected chi connectivity index (χ0v) is 12.7. The van der Waals surface area contributed by atoms with E-state index in [-0.39, 0.29) is 0 Å². The van der Waals surface area contributed by atoms with Gasteiger partial charge in [0, 0.05) is 5.69 Å². The van der Waals surface area contributed by atoms with Crippen LogP contribution in [0.5, 0.6) is 0 Å². The van der Waals surface area contributed by atoms with Crippen LogP contribution in [0.1, 0.15) is 5.56 Å². The van der Waals surface area contributed by atoms with E-state index in [1.165, 1.54) is 5.56 Å². The summed E-state index contributed by atoms with van der Waals surface area (Å²) in [5.41, 5.74) is 2.85. The Kier molecular flexibility index (Phi) is 4.16. The zero-order valence-electron chi connectivity index (χ0n) is 11.9. The number of nitrogens with zero attached hydrogens (tertiary/aromatic N) is 3. The van der Waals surface area contributed by atoms with Gasteiger partial charge in [0.2, 0.25) is 5.95 Å². The van der Waals surface area contributed by atoms with Gasteiger partial charge >= 0.3 is 0 Å². The van der Waals surface area contributed by atoms with Crippen LogP contribution in [0.3, 0.4) is 0 Å². The van der Waals surface area contributed by atoms with E-state index in [0.717, 1.165) is 11.4 Å². The first kappa shape index (κ1) is 14.3. The SMILES string of the molecule is Cc1cccc(Nc2cnnc(Nc3ccccc3Cl)n2)c1. The highest BCUT2D eigenvalue weighted by atomic mass is 35.5. The largest absolute Gasteiger partial charge is 0.339 e. The van der Waals surface area contributed by atoms with Crippen molar-refractivity contribution in [2.75, 3.05) is 10.6 Å². The molecule has 2 aromatic carbocycles. The Labute approximate surface area is 133 Å². The molecule has 0 saturated carbocycles. The van der Waals surface area contributed by atoms with E-state index < -0.39 is 0 Å². The third kappa shape index (κ3) is 3.51. The fraction of sp³-hybridized carbons (Fsp3) is 0.0625. The standard InChI is InChI=1S/C16H14ClN5/c1-11-5-4-6-12(9-11)19-15-10-18-22-16(21-15)20-14-8-3-2-7-13(14)17/h2-10H,1H3,(H2,19,20,21,22). The minimum Gasteiger partial charge on any atom is -0.339 e. The number of para-hydroxylation sites is 1. The minimum atomic E-state index is 0.380. The van der Waals surface area contributed by atoms with Crippen LogP contribution in [-0.4, -0.2) is 15.2 Å². The number of hydrogen-bond acceptors (Lipinski definition) is 5. The maximum absolute atomic E-state index is 6.11. The fourth-order valence-corrected chi connectivity index (χ4v) is 2.15. The summed E-state index contributed by atoms with van der Waals surface area (Å²) < 4.78 is 0. The van der Waals surface area contributed by atoms with Crippen LogP contribution in [0, 0.1) is 6.92 Å². The lowest BCUT2D eigenvalue weighted by atomic mass is 10.2. The van der Waals surface area contributed by atoms with Crippen LogP contribution in [0.25, 0.3) is 0 Å². The highest BCUT2D eigenvalue weighted by molar-refractivity contribution is 6.33. The molecular formula is C16H14ClN5. The van der Waals surface area contributed by atoms with Crippen molar-refractivity contribution in [3.8, 4) is 0 Å². The summed E-state index contributed by atoms with van der Waals surface area (Å²) in [6.45, 7) is 2.04. The van der Waals surface area contributed by atoms with E-state index in [0.29, 0.717) is 16.8 Å². The number of nitrogens with one attached hydrogen (secondary N) is 2. The lowest BCUT2D eigenvalue weighted by molar-refractivity contribution is 0.982. The molecule has 1 heterocycles. The second-order valence-electron chi connectivity index (χ2n) is 4.76. The quantitative estimate of drug-likeness (QED) is 0.751. The molecular weight excluding hydrogens is 298 g/mol. The van der Waals surface area contributed by atoms with Gasteiger partial charge in [-0.15, -0.1) is 5.10 Å². The van der Waals surface area contributed by atoms with E-state index in [4.69, 9.17) is 11.6 Å². The van der Waals surface area contributed by atoms with E-state index in [9.17, 15) is 0 Å². The lowest BCUT2D eigenvalue weighted by Gasteiger charge is -2.09. The Hall–Kier alpha value is -2.66. The van der Waals surface area contributed by atoms with Crippen molar-refractivity contribution in [1.29, 1.82) is 0 Å². The summed E-state index contributed by atoms with van der Waals surface area (Å²) in [6, 6.07) is 15.4. The third-order valence-electron chi connectivity index (χ3n) is 2.97. The molecule has 3 aromatic rings. The molecule has 1 aromatic heterocycles. The average molecular weight is 312 g/mol. The molecule has 0 fully saturated rings. The number of benzene rings is 2. The molecule has 0 atom stereocenters. The van der Waals surface area contributed by atoms with E-state index >= 15 is 0 Å². The molecule has 0 spiro atoms.